The molecule has 4 heteroatoms. The van der Waals surface area contributed by atoms with E-state index in [-0.39, 0.29) is 5.41 Å². The molecule has 1 aliphatic heterocycles. The fourth-order valence-electron chi connectivity index (χ4n) is 2.47. The molecule has 0 spiro atoms. The summed E-state index contributed by atoms with van der Waals surface area (Å²) in [5, 5.41) is 6.84. The predicted octanol–water partition coefficient (Wildman–Crippen LogP) is 2.60. The van der Waals surface area contributed by atoms with Gasteiger partial charge in [0.15, 0.2) is 5.96 Å². The molecule has 1 atom stereocenters. The summed E-state index contributed by atoms with van der Waals surface area (Å²) in [4.78, 5) is 4.72. The topological polar surface area (TPSA) is 45.7 Å². The Morgan fingerprint density at radius 2 is 2.05 bits per heavy atom. The van der Waals surface area contributed by atoms with Crippen LogP contribution in [0.25, 0.3) is 0 Å². The van der Waals surface area contributed by atoms with Crippen molar-refractivity contribution in [3.63, 3.8) is 0 Å². The summed E-state index contributed by atoms with van der Waals surface area (Å²) in [5.41, 5.74) is 1.60. The second-order valence-corrected chi connectivity index (χ2v) is 6.57. The normalized spacial score (nSPS) is 18.4. The van der Waals surface area contributed by atoms with Gasteiger partial charge in [0.1, 0.15) is 0 Å². The molecule has 1 saturated heterocycles. The summed E-state index contributed by atoms with van der Waals surface area (Å²) in [5.74, 6) is 0.913. The molecule has 1 heterocycles. The molecule has 0 radical (unpaired) electrons. The second-order valence-electron chi connectivity index (χ2n) is 6.57. The van der Waals surface area contributed by atoms with Crippen molar-refractivity contribution in [1.82, 2.24) is 10.6 Å². The van der Waals surface area contributed by atoms with Gasteiger partial charge in [-0.05, 0) is 32.3 Å². The van der Waals surface area contributed by atoms with Crippen molar-refractivity contribution in [2.24, 2.45) is 10.4 Å². The first kappa shape index (κ1) is 16.8. The van der Waals surface area contributed by atoms with Gasteiger partial charge in [-0.15, -0.1) is 0 Å². The van der Waals surface area contributed by atoms with Gasteiger partial charge in [-0.2, -0.15) is 0 Å². The summed E-state index contributed by atoms with van der Waals surface area (Å²) in [7, 11) is 0. The Morgan fingerprint density at radius 3 is 2.64 bits per heavy atom. The van der Waals surface area contributed by atoms with Crippen molar-refractivity contribution in [2.75, 3.05) is 26.3 Å². The van der Waals surface area contributed by atoms with Crippen molar-refractivity contribution in [3.8, 4) is 0 Å². The Morgan fingerprint density at radius 1 is 1.32 bits per heavy atom. The van der Waals surface area contributed by atoms with Crippen LogP contribution in [0.1, 0.15) is 32.8 Å². The fourth-order valence-corrected chi connectivity index (χ4v) is 2.47. The first-order valence-corrected chi connectivity index (χ1v) is 8.28. The Balaban J connectivity index is 1.80. The number of hydrogen-bond acceptors (Lipinski definition) is 2. The first-order valence-electron chi connectivity index (χ1n) is 8.28. The Kier molecular flexibility index (Phi) is 6.25. The lowest BCUT2D eigenvalue weighted by molar-refractivity contribution is -0.0945. The molecule has 4 nitrogen and oxygen atoms in total. The number of rotatable bonds is 7. The largest absolute Gasteiger partial charge is 0.380 e. The number of aliphatic imine (C=N–C) groups is 1. The van der Waals surface area contributed by atoms with Crippen LogP contribution >= 0.6 is 0 Å². The lowest BCUT2D eigenvalue weighted by Gasteiger charge is -2.36. The van der Waals surface area contributed by atoms with Crippen LogP contribution in [-0.2, 0) is 11.2 Å². The van der Waals surface area contributed by atoms with Gasteiger partial charge >= 0.3 is 0 Å². The molecular weight excluding hydrogens is 274 g/mol. The number of benzene rings is 1. The Hall–Kier alpha value is -1.55. The maximum Gasteiger partial charge on any atom is 0.191 e. The minimum atomic E-state index is 0.218. The number of aryl methyl sites for hydroxylation is 1. The van der Waals surface area contributed by atoms with Gasteiger partial charge in [0.05, 0.1) is 19.8 Å². The molecule has 1 unspecified atom stereocenters. The molecule has 0 saturated carbocycles. The molecule has 2 rings (SSSR count). The zero-order valence-electron chi connectivity index (χ0n) is 14.1. The summed E-state index contributed by atoms with van der Waals surface area (Å²) >= 11 is 0. The molecule has 122 valence electrons. The smallest absolute Gasteiger partial charge is 0.191 e. The minimum Gasteiger partial charge on any atom is -0.380 e. The van der Waals surface area contributed by atoms with E-state index in [0.29, 0.717) is 6.04 Å². The van der Waals surface area contributed by atoms with E-state index in [4.69, 9.17) is 9.73 Å². The van der Waals surface area contributed by atoms with Gasteiger partial charge in [0, 0.05) is 18.0 Å². The highest BCUT2D eigenvalue weighted by molar-refractivity contribution is 5.80. The van der Waals surface area contributed by atoms with Crippen LogP contribution in [0.2, 0.25) is 0 Å². The number of nitrogens with zero attached hydrogens (tertiary/aromatic N) is 1. The lowest BCUT2D eigenvalue weighted by atomic mass is 9.89. The second kappa shape index (κ2) is 8.18. The van der Waals surface area contributed by atoms with Gasteiger partial charge in [0.25, 0.3) is 0 Å². The van der Waals surface area contributed by atoms with Crippen molar-refractivity contribution >= 4 is 5.96 Å². The molecule has 1 aliphatic rings. The first-order chi connectivity index (χ1) is 10.6. The van der Waals surface area contributed by atoms with Crippen LogP contribution in [0, 0.1) is 5.41 Å². The van der Waals surface area contributed by atoms with E-state index in [0.717, 1.165) is 45.1 Å². The van der Waals surface area contributed by atoms with Crippen LogP contribution in [0.5, 0.6) is 0 Å². The monoisotopic (exact) mass is 303 g/mol. The van der Waals surface area contributed by atoms with E-state index in [9.17, 15) is 0 Å². The van der Waals surface area contributed by atoms with Crippen molar-refractivity contribution in [3.05, 3.63) is 35.9 Å². The molecule has 0 aromatic heterocycles. The van der Waals surface area contributed by atoms with Crippen LogP contribution in [0.3, 0.4) is 0 Å². The van der Waals surface area contributed by atoms with Crippen LogP contribution in [-0.4, -0.2) is 38.3 Å². The third-order valence-electron chi connectivity index (χ3n) is 3.96. The summed E-state index contributed by atoms with van der Waals surface area (Å²) in [6, 6.07) is 11.0. The summed E-state index contributed by atoms with van der Waals surface area (Å²) in [6.45, 7) is 9.86. The van der Waals surface area contributed by atoms with Gasteiger partial charge in [0.2, 0.25) is 0 Å². The molecule has 0 amide bonds. The van der Waals surface area contributed by atoms with Gasteiger partial charge in [-0.1, -0.05) is 37.3 Å². The standard InChI is InChI=1S/C18H29N3O/c1-4-19-17(20-12-18(3)13-22-14-18)21-15(2)10-11-16-8-6-5-7-9-16/h5-9,15H,4,10-14H2,1-3H3,(H2,19,20,21). The van der Waals surface area contributed by atoms with E-state index >= 15 is 0 Å². The molecule has 1 fully saturated rings. The molecular formula is C18H29N3O. The van der Waals surface area contributed by atoms with Gasteiger partial charge < -0.3 is 15.4 Å². The van der Waals surface area contributed by atoms with Gasteiger partial charge in [-0.3, -0.25) is 4.99 Å². The van der Waals surface area contributed by atoms with Gasteiger partial charge in [-0.25, -0.2) is 0 Å². The van der Waals surface area contributed by atoms with Crippen LogP contribution in [0.4, 0.5) is 0 Å². The fraction of sp³-hybridized carbons (Fsp3) is 0.611. The molecule has 2 N–H and O–H groups in total. The van der Waals surface area contributed by atoms with E-state index in [1.54, 1.807) is 0 Å². The number of guanidine groups is 1. The summed E-state index contributed by atoms with van der Waals surface area (Å²) in [6.07, 6.45) is 2.18. The third-order valence-corrected chi connectivity index (χ3v) is 3.96. The Labute approximate surface area is 134 Å². The number of nitrogens with one attached hydrogen (secondary N) is 2. The maximum atomic E-state index is 5.29. The molecule has 22 heavy (non-hydrogen) atoms. The van der Waals surface area contributed by atoms with Crippen LogP contribution < -0.4 is 10.6 Å². The number of ether oxygens (including phenoxy) is 1. The third kappa shape index (κ3) is 5.34. The highest BCUT2D eigenvalue weighted by atomic mass is 16.5. The highest BCUT2D eigenvalue weighted by Crippen LogP contribution is 2.26. The average molecular weight is 303 g/mol. The quantitative estimate of drug-likeness (QED) is 0.601. The van der Waals surface area contributed by atoms with E-state index in [2.05, 4.69) is 61.7 Å². The van der Waals surface area contributed by atoms with E-state index in [1.807, 2.05) is 0 Å². The van der Waals surface area contributed by atoms with E-state index < -0.39 is 0 Å². The van der Waals surface area contributed by atoms with Crippen molar-refractivity contribution < 1.29 is 4.74 Å². The van der Waals surface area contributed by atoms with Crippen molar-refractivity contribution in [2.45, 2.75) is 39.7 Å². The SMILES string of the molecule is CCNC(=NCC1(C)COC1)NC(C)CCc1ccccc1. The molecule has 0 bridgehead atoms. The lowest BCUT2D eigenvalue weighted by Crippen LogP contribution is -2.46. The highest BCUT2D eigenvalue weighted by Gasteiger charge is 2.33. The zero-order chi connectivity index (χ0) is 15.8. The zero-order valence-corrected chi connectivity index (χ0v) is 14.1. The predicted molar refractivity (Wildman–Crippen MR) is 92.3 cm³/mol. The summed E-state index contributed by atoms with van der Waals surface area (Å²) < 4.78 is 5.29. The van der Waals surface area contributed by atoms with E-state index in [1.165, 1.54) is 5.56 Å². The number of hydrogen-bond donors (Lipinski definition) is 2. The van der Waals surface area contributed by atoms with Crippen LogP contribution in [0.15, 0.2) is 35.3 Å². The molecule has 1 aromatic rings. The van der Waals surface area contributed by atoms with Crippen molar-refractivity contribution in [1.29, 1.82) is 0 Å². The average Bonchev–Trinajstić information content (AvgIpc) is 2.50. The minimum absolute atomic E-state index is 0.218. The molecule has 1 aromatic carbocycles. The molecule has 0 aliphatic carbocycles. The maximum absolute atomic E-state index is 5.29. The Bertz CT molecular complexity index is 468.